The molecular weight excluding hydrogens is 362 g/mol. The van der Waals surface area contributed by atoms with Crippen LogP contribution in [0.2, 0.25) is 0 Å². The van der Waals surface area contributed by atoms with Crippen LogP contribution in [0, 0.1) is 0 Å². The van der Waals surface area contributed by atoms with Gasteiger partial charge in [0, 0.05) is 63.0 Å². The summed E-state index contributed by atoms with van der Waals surface area (Å²) in [4.78, 5) is 29.1. The lowest BCUT2D eigenvalue weighted by molar-refractivity contribution is -0.119. The molecule has 0 amide bonds. The molecule has 0 radical (unpaired) electrons. The highest BCUT2D eigenvalue weighted by Crippen LogP contribution is 2.41. The zero-order valence-corrected chi connectivity index (χ0v) is 15.9. The van der Waals surface area contributed by atoms with Crippen LogP contribution in [0.1, 0.15) is 24.0 Å². The Balaban J connectivity index is 1.79. The van der Waals surface area contributed by atoms with Gasteiger partial charge >= 0.3 is 0 Å². The van der Waals surface area contributed by atoms with Gasteiger partial charge in [-0.25, -0.2) is 0 Å². The van der Waals surface area contributed by atoms with Crippen LogP contribution in [-0.4, -0.2) is 27.7 Å². The van der Waals surface area contributed by atoms with Crippen molar-refractivity contribution in [2.45, 2.75) is 19.4 Å². The molecule has 5 rings (SSSR count). The molecule has 144 valence electrons. The number of H-pyrrole nitrogens is 1. The van der Waals surface area contributed by atoms with Crippen molar-refractivity contribution in [2.24, 2.45) is 5.73 Å². The van der Waals surface area contributed by atoms with E-state index in [1.807, 2.05) is 60.9 Å². The van der Waals surface area contributed by atoms with Crippen molar-refractivity contribution in [3.8, 4) is 0 Å². The van der Waals surface area contributed by atoms with E-state index in [1.54, 1.807) is 0 Å². The van der Waals surface area contributed by atoms with E-state index in [1.165, 1.54) is 0 Å². The maximum Gasteiger partial charge on any atom is 0.172 e. The molecule has 0 aliphatic heterocycles. The third kappa shape index (κ3) is 2.74. The van der Waals surface area contributed by atoms with Crippen LogP contribution in [0.15, 0.2) is 60.9 Å². The van der Waals surface area contributed by atoms with Gasteiger partial charge in [-0.2, -0.15) is 0 Å². The Morgan fingerprint density at radius 2 is 1.59 bits per heavy atom. The van der Waals surface area contributed by atoms with Crippen molar-refractivity contribution in [1.29, 1.82) is 0 Å². The third-order valence-electron chi connectivity index (χ3n) is 5.65. The van der Waals surface area contributed by atoms with Gasteiger partial charge in [-0.1, -0.05) is 36.4 Å². The molecule has 0 spiro atoms. The molecule has 0 atom stereocenters. The van der Waals surface area contributed by atoms with Gasteiger partial charge in [-0.3, -0.25) is 9.59 Å². The second-order valence-corrected chi connectivity index (χ2v) is 7.42. The van der Waals surface area contributed by atoms with Gasteiger partial charge in [0.15, 0.2) is 11.6 Å². The summed E-state index contributed by atoms with van der Waals surface area (Å²) in [6.45, 7) is 1.37. The van der Waals surface area contributed by atoms with Crippen LogP contribution >= 0.6 is 0 Å². The Kier molecular flexibility index (Phi) is 4.18. The fraction of sp³-hybridized carbons (Fsp3) is 0.167. The molecule has 0 unspecified atom stereocenters. The SMILES string of the molecule is NCCCn1cc(C2=C(c3c[nH]c4ccccc34)C(=O)CC2=O)c2ccccc21. The number of hydrogen-bond donors (Lipinski definition) is 2. The van der Waals surface area contributed by atoms with Crippen LogP contribution in [0.4, 0.5) is 0 Å². The number of rotatable bonds is 5. The first-order valence-corrected chi connectivity index (χ1v) is 9.84. The number of carbonyl (C=O) groups excluding carboxylic acids is 2. The summed E-state index contributed by atoms with van der Waals surface area (Å²) in [6, 6.07) is 15.9. The molecule has 5 heteroatoms. The molecule has 2 aromatic heterocycles. The fourth-order valence-corrected chi connectivity index (χ4v) is 4.34. The standard InChI is InChI=1S/C24H21N3O2/c25-10-5-11-27-14-18(16-7-2-4-9-20(16)27)24-22(29)12-21(28)23(24)17-13-26-19-8-3-1-6-15(17)19/h1-4,6-9,13-14,26H,5,10-12,25H2. The zero-order valence-electron chi connectivity index (χ0n) is 15.9. The minimum absolute atomic E-state index is 0.0769. The first-order valence-electron chi connectivity index (χ1n) is 9.84. The first kappa shape index (κ1) is 17.6. The molecule has 2 heterocycles. The van der Waals surface area contributed by atoms with Crippen LogP contribution < -0.4 is 5.73 Å². The number of aromatic amines is 1. The summed E-state index contributed by atoms with van der Waals surface area (Å²) in [6.07, 6.45) is 4.61. The molecule has 0 bridgehead atoms. The minimum Gasteiger partial charge on any atom is -0.361 e. The first-order chi connectivity index (χ1) is 14.2. The molecule has 3 N–H and O–H groups in total. The Labute approximate surface area is 167 Å². The largest absolute Gasteiger partial charge is 0.361 e. The number of fused-ring (bicyclic) bond motifs is 2. The summed E-state index contributed by atoms with van der Waals surface area (Å²) in [7, 11) is 0. The highest BCUT2D eigenvalue weighted by Gasteiger charge is 2.35. The van der Waals surface area contributed by atoms with Gasteiger partial charge in [0.25, 0.3) is 0 Å². The van der Waals surface area contributed by atoms with E-state index in [0.717, 1.165) is 45.9 Å². The van der Waals surface area contributed by atoms with Gasteiger partial charge in [-0.15, -0.1) is 0 Å². The van der Waals surface area contributed by atoms with Gasteiger partial charge < -0.3 is 15.3 Å². The van der Waals surface area contributed by atoms with Crippen molar-refractivity contribution in [3.05, 3.63) is 72.1 Å². The van der Waals surface area contributed by atoms with Gasteiger partial charge in [-0.05, 0) is 25.1 Å². The van der Waals surface area contributed by atoms with Crippen molar-refractivity contribution >= 4 is 44.5 Å². The molecule has 0 saturated heterocycles. The van der Waals surface area contributed by atoms with Crippen LogP contribution in [-0.2, 0) is 16.1 Å². The Morgan fingerprint density at radius 3 is 2.38 bits per heavy atom. The number of hydrogen-bond acceptors (Lipinski definition) is 3. The minimum atomic E-state index is -0.117. The Morgan fingerprint density at radius 1 is 0.897 bits per heavy atom. The number of nitrogens with zero attached hydrogens (tertiary/aromatic N) is 1. The van der Waals surface area contributed by atoms with E-state index in [4.69, 9.17) is 5.73 Å². The normalized spacial score (nSPS) is 14.7. The number of benzene rings is 2. The number of nitrogens with one attached hydrogen (secondary N) is 1. The maximum atomic E-state index is 13.0. The molecule has 0 fully saturated rings. The number of allylic oxidation sites excluding steroid dienone is 2. The highest BCUT2D eigenvalue weighted by molar-refractivity contribution is 6.52. The van der Waals surface area contributed by atoms with Gasteiger partial charge in [0.2, 0.25) is 0 Å². The van der Waals surface area contributed by atoms with E-state index < -0.39 is 0 Å². The summed E-state index contributed by atoms with van der Waals surface area (Å²) in [5.74, 6) is -0.231. The third-order valence-corrected chi connectivity index (χ3v) is 5.65. The molecule has 0 saturated carbocycles. The van der Waals surface area contributed by atoms with E-state index in [0.29, 0.717) is 17.7 Å². The molecule has 5 nitrogen and oxygen atoms in total. The smallest absolute Gasteiger partial charge is 0.172 e. The summed E-state index contributed by atoms with van der Waals surface area (Å²) >= 11 is 0. The molecule has 1 aliphatic carbocycles. The summed E-state index contributed by atoms with van der Waals surface area (Å²) in [5, 5.41) is 1.94. The topological polar surface area (TPSA) is 80.9 Å². The average molecular weight is 383 g/mol. The number of para-hydroxylation sites is 2. The Hall–Kier alpha value is -3.44. The molecule has 1 aliphatic rings. The highest BCUT2D eigenvalue weighted by atomic mass is 16.2. The lowest BCUT2D eigenvalue weighted by Gasteiger charge is -2.04. The molecule has 29 heavy (non-hydrogen) atoms. The van der Waals surface area contributed by atoms with E-state index in [-0.39, 0.29) is 18.0 Å². The summed E-state index contributed by atoms with van der Waals surface area (Å²) < 4.78 is 2.13. The zero-order chi connectivity index (χ0) is 20.0. The van der Waals surface area contributed by atoms with E-state index in [9.17, 15) is 9.59 Å². The van der Waals surface area contributed by atoms with Crippen molar-refractivity contribution < 1.29 is 9.59 Å². The second kappa shape index (κ2) is 6.87. The van der Waals surface area contributed by atoms with Crippen molar-refractivity contribution in [3.63, 3.8) is 0 Å². The number of nitrogens with two attached hydrogens (primary N) is 1. The fourth-order valence-electron chi connectivity index (χ4n) is 4.34. The second-order valence-electron chi connectivity index (χ2n) is 7.42. The average Bonchev–Trinajstić information content (AvgIpc) is 3.39. The predicted octanol–water partition coefficient (Wildman–Crippen LogP) is 3.92. The summed E-state index contributed by atoms with van der Waals surface area (Å²) in [5.41, 5.74) is 10.4. The van der Waals surface area contributed by atoms with E-state index >= 15 is 0 Å². The molecular formula is C24H21N3O2. The van der Waals surface area contributed by atoms with Crippen LogP contribution in [0.5, 0.6) is 0 Å². The van der Waals surface area contributed by atoms with E-state index in [2.05, 4.69) is 9.55 Å². The van der Waals surface area contributed by atoms with Gasteiger partial charge in [0.05, 0.1) is 6.42 Å². The molecule has 4 aromatic rings. The number of carbonyl (C=O) groups is 2. The molecule has 2 aromatic carbocycles. The number of ketones is 2. The number of aryl methyl sites for hydroxylation is 1. The predicted molar refractivity (Wildman–Crippen MR) is 115 cm³/mol. The van der Waals surface area contributed by atoms with Crippen LogP contribution in [0.3, 0.4) is 0 Å². The van der Waals surface area contributed by atoms with Gasteiger partial charge in [0.1, 0.15) is 0 Å². The number of aromatic nitrogens is 2. The number of Topliss-reactive ketones (excluding diaryl/α,β-unsaturated/α-hetero) is 2. The van der Waals surface area contributed by atoms with Crippen LogP contribution in [0.25, 0.3) is 33.0 Å². The lowest BCUT2D eigenvalue weighted by Crippen LogP contribution is -2.04. The Bertz CT molecular complexity index is 1310. The lowest BCUT2D eigenvalue weighted by atomic mass is 9.95. The quantitative estimate of drug-likeness (QED) is 0.513. The van der Waals surface area contributed by atoms with Crippen molar-refractivity contribution in [2.75, 3.05) is 6.54 Å². The maximum absolute atomic E-state index is 13.0. The monoisotopic (exact) mass is 383 g/mol. The van der Waals surface area contributed by atoms with Crippen molar-refractivity contribution in [1.82, 2.24) is 9.55 Å².